The Morgan fingerprint density at radius 1 is 1.53 bits per heavy atom. The number of nitrogens with one attached hydrogen (secondary N) is 1. The molecule has 0 radical (unpaired) electrons. The van der Waals surface area contributed by atoms with Crippen LogP contribution in [0.1, 0.15) is 44.5 Å². The Bertz CT molecular complexity index is 428. The van der Waals surface area contributed by atoms with E-state index in [1.54, 1.807) is 6.92 Å². The van der Waals surface area contributed by atoms with E-state index >= 15 is 0 Å². The van der Waals surface area contributed by atoms with Crippen LogP contribution in [0.15, 0.2) is 6.07 Å². The lowest BCUT2D eigenvalue weighted by Crippen LogP contribution is -2.49. The van der Waals surface area contributed by atoms with Gasteiger partial charge in [-0.25, -0.2) is 0 Å². The van der Waals surface area contributed by atoms with E-state index in [0.717, 1.165) is 37.3 Å². The summed E-state index contributed by atoms with van der Waals surface area (Å²) < 4.78 is 1.94. The van der Waals surface area contributed by atoms with Gasteiger partial charge in [0.15, 0.2) is 0 Å². The Labute approximate surface area is 115 Å². The summed E-state index contributed by atoms with van der Waals surface area (Å²) in [6.07, 6.45) is 2.32. The van der Waals surface area contributed by atoms with E-state index in [9.17, 15) is 9.90 Å². The molecule has 1 atom stereocenters. The highest BCUT2D eigenvalue weighted by Crippen LogP contribution is 2.14. The van der Waals surface area contributed by atoms with Gasteiger partial charge in [0.05, 0.1) is 5.69 Å². The van der Waals surface area contributed by atoms with Gasteiger partial charge in [-0.1, -0.05) is 6.92 Å². The maximum atomic E-state index is 11.4. The van der Waals surface area contributed by atoms with Gasteiger partial charge in [-0.05, 0) is 52.6 Å². The molecule has 5 nitrogen and oxygen atoms in total. The highest BCUT2D eigenvalue weighted by Gasteiger charge is 2.31. The second-order valence-electron chi connectivity index (χ2n) is 5.32. The number of aliphatic carboxylic acids is 1. The van der Waals surface area contributed by atoms with Gasteiger partial charge < -0.3 is 10.4 Å². The Morgan fingerprint density at radius 2 is 2.21 bits per heavy atom. The summed E-state index contributed by atoms with van der Waals surface area (Å²) in [5, 5.41) is 16.8. The third-order valence-electron chi connectivity index (χ3n) is 3.39. The van der Waals surface area contributed by atoms with E-state index < -0.39 is 11.5 Å². The zero-order valence-electron chi connectivity index (χ0n) is 12.4. The molecule has 2 N–H and O–H groups in total. The number of carbonyl (C=O) groups is 1. The lowest BCUT2D eigenvalue weighted by Gasteiger charge is -2.26. The maximum absolute atomic E-state index is 11.4. The molecule has 1 aromatic heterocycles. The molecule has 1 unspecified atom stereocenters. The monoisotopic (exact) mass is 267 g/mol. The lowest BCUT2D eigenvalue weighted by atomic mass is 9.95. The molecule has 0 aliphatic carbocycles. The Morgan fingerprint density at radius 3 is 2.68 bits per heavy atom. The Kier molecular flexibility index (Phi) is 5.54. The molecular weight excluding hydrogens is 242 g/mol. The first-order valence-corrected chi connectivity index (χ1v) is 6.88. The van der Waals surface area contributed by atoms with Crippen molar-refractivity contribution in [1.29, 1.82) is 0 Å². The molecule has 1 rings (SSSR count). The molecule has 1 heterocycles. The molecule has 0 aliphatic rings. The summed E-state index contributed by atoms with van der Waals surface area (Å²) in [7, 11) is 0. The summed E-state index contributed by atoms with van der Waals surface area (Å²) in [4.78, 5) is 11.4. The highest BCUT2D eigenvalue weighted by molar-refractivity contribution is 5.78. The number of nitrogens with zero attached hydrogens (tertiary/aromatic N) is 2. The van der Waals surface area contributed by atoms with Crippen LogP contribution in [0.4, 0.5) is 0 Å². The van der Waals surface area contributed by atoms with Crippen LogP contribution in [0.25, 0.3) is 0 Å². The van der Waals surface area contributed by atoms with E-state index in [1.165, 1.54) is 0 Å². The van der Waals surface area contributed by atoms with Crippen molar-refractivity contribution in [2.45, 2.75) is 59.0 Å². The van der Waals surface area contributed by atoms with Crippen LogP contribution in [0.5, 0.6) is 0 Å². The average molecular weight is 267 g/mol. The van der Waals surface area contributed by atoms with Gasteiger partial charge in [-0.2, -0.15) is 5.10 Å². The van der Waals surface area contributed by atoms with E-state index in [1.807, 2.05) is 31.5 Å². The second-order valence-corrected chi connectivity index (χ2v) is 5.32. The largest absolute Gasteiger partial charge is 0.480 e. The first-order valence-electron chi connectivity index (χ1n) is 6.88. The number of hydrogen-bond acceptors (Lipinski definition) is 3. The minimum absolute atomic E-state index is 0.598. The average Bonchev–Trinajstić information content (AvgIpc) is 2.65. The zero-order chi connectivity index (χ0) is 14.5. The third-order valence-corrected chi connectivity index (χ3v) is 3.39. The molecule has 0 amide bonds. The second kappa shape index (κ2) is 6.70. The normalized spacial score (nSPS) is 14.3. The number of aromatic nitrogens is 2. The highest BCUT2D eigenvalue weighted by atomic mass is 16.4. The standard InChI is InChI=1S/C14H25N3O2/c1-5-8-15-14(4,13(18)19)7-6-9-17-12(3)10-11(2)16-17/h10,15H,5-9H2,1-4H3,(H,18,19). The van der Waals surface area contributed by atoms with Crippen molar-refractivity contribution in [3.05, 3.63) is 17.5 Å². The van der Waals surface area contributed by atoms with Crippen LogP contribution in [0.2, 0.25) is 0 Å². The minimum Gasteiger partial charge on any atom is -0.480 e. The number of carboxylic acids is 1. The zero-order valence-corrected chi connectivity index (χ0v) is 12.4. The van der Waals surface area contributed by atoms with Gasteiger partial charge in [0, 0.05) is 12.2 Å². The fraction of sp³-hybridized carbons (Fsp3) is 0.714. The number of aryl methyl sites for hydroxylation is 3. The van der Waals surface area contributed by atoms with Gasteiger partial charge in [0.1, 0.15) is 5.54 Å². The molecule has 1 aromatic rings. The molecule has 0 bridgehead atoms. The summed E-state index contributed by atoms with van der Waals surface area (Å²) >= 11 is 0. The van der Waals surface area contributed by atoms with Crippen molar-refractivity contribution in [3.8, 4) is 0 Å². The molecule has 0 aromatic carbocycles. The molecule has 19 heavy (non-hydrogen) atoms. The summed E-state index contributed by atoms with van der Waals surface area (Å²) in [6.45, 7) is 9.26. The summed E-state index contributed by atoms with van der Waals surface area (Å²) in [5.74, 6) is -0.783. The fourth-order valence-electron chi connectivity index (χ4n) is 2.16. The summed E-state index contributed by atoms with van der Waals surface area (Å²) in [5.41, 5.74) is 1.28. The lowest BCUT2D eigenvalue weighted by molar-refractivity contribution is -0.144. The molecule has 0 saturated carbocycles. The van der Waals surface area contributed by atoms with Gasteiger partial charge in [0.2, 0.25) is 0 Å². The van der Waals surface area contributed by atoms with Crippen molar-refractivity contribution in [2.75, 3.05) is 6.54 Å². The number of carboxylic acid groups (broad SMARTS) is 1. The topological polar surface area (TPSA) is 67.2 Å². The van der Waals surface area contributed by atoms with Crippen LogP contribution in [-0.2, 0) is 11.3 Å². The number of hydrogen-bond donors (Lipinski definition) is 2. The maximum Gasteiger partial charge on any atom is 0.323 e. The predicted octanol–water partition coefficient (Wildman–Crippen LogP) is 2.12. The van der Waals surface area contributed by atoms with Gasteiger partial charge >= 0.3 is 5.97 Å². The van der Waals surface area contributed by atoms with Crippen LogP contribution in [0.3, 0.4) is 0 Å². The van der Waals surface area contributed by atoms with Gasteiger partial charge in [-0.15, -0.1) is 0 Å². The van der Waals surface area contributed by atoms with Crippen LogP contribution in [0, 0.1) is 13.8 Å². The van der Waals surface area contributed by atoms with Crippen molar-refractivity contribution in [2.24, 2.45) is 0 Å². The smallest absolute Gasteiger partial charge is 0.323 e. The molecule has 5 heteroatoms. The minimum atomic E-state index is -0.841. The van der Waals surface area contributed by atoms with Crippen LogP contribution in [-0.4, -0.2) is 32.9 Å². The molecule has 108 valence electrons. The van der Waals surface area contributed by atoms with Gasteiger partial charge in [0.25, 0.3) is 0 Å². The third kappa shape index (κ3) is 4.35. The van der Waals surface area contributed by atoms with E-state index in [4.69, 9.17) is 0 Å². The first kappa shape index (κ1) is 15.7. The SMILES string of the molecule is CCCNC(C)(CCCn1nc(C)cc1C)C(=O)O. The van der Waals surface area contributed by atoms with Crippen molar-refractivity contribution >= 4 is 5.97 Å². The summed E-state index contributed by atoms with van der Waals surface area (Å²) in [6, 6.07) is 2.03. The molecule has 0 fully saturated rings. The van der Waals surface area contributed by atoms with Crippen LogP contribution >= 0.6 is 0 Å². The van der Waals surface area contributed by atoms with E-state index in [-0.39, 0.29) is 0 Å². The van der Waals surface area contributed by atoms with E-state index in [2.05, 4.69) is 10.4 Å². The molecular formula is C14H25N3O2. The number of rotatable bonds is 8. The van der Waals surface area contributed by atoms with Crippen molar-refractivity contribution < 1.29 is 9.90 Å². The fourth-order valence-corrected chi connectivity index (χ4v) is 2.16. The Balaban J connectivity index is 2.53. The Hall–Kier alpha value is -1.36. The first-order chi connectivity index (χ1) is 8.89. The van der Waals surface area contributed by atoms with Crippen molar-refractivity contribution in [1.82, 2.24) is 15.1 Å². The molecule has 0 aliphatic heterocycles. The quantitative estimate of drug-likeness (QED) is 0.757. The van der Waals surface area contributed by atoms with Gasteiger partial charge in [-0.3, -0.25) is 9.48 Å². The van der Waals surface area contributed by atoms with Crippen LogP contribution < -0.4 is 5.32 Å². The van der Waals surface area contributed by atoms with E-state index in [0.29, 0.717) is 6.42 Å². The van der Waals surface area contributed by atoms with Crippen molar-refractivity contribution in [3.63, 3.8) is 0 Å². The molecule has 0 saturated heterocycles. The molecule has 0 spiro atoms. The predicted molar refractivity (Wildman–Crippen MR) is 75.3 cm³/mol.